The van der Waals surface area contributed by atoms with Crippen LogP contribution in [-0.4, -0.2) is 23.7 Å². The SMILES string of the molecule is COCc1nc(NCc2ccco2)c(N)c(OCC(C)C)n1. The molecule has 2 rings (SSSR count). The third-order valence-electron chi connectivity index (χ3n) is 2.79. The molecule has 0 spiro atoms. The second-order valence-electron chi connectivity index (χ2n) is 5.28. The first-order valence-corrected chi connectivity index (χ1v) is 7.14. The number of nitrogens with two attached hydrogens (primary N) is 1. The maximum Gasteiger partial charge on any atom is 0.242 e. The van der Waals surface area contributed by atoms with Gasteiger partial charge in [-0.25, -0.2) is 4.98 Å². The third kappa shape index (κ3) is 4.36. The van der Waals surface area contributed by atoms with E-state index in [9.17, 15) is 0 Å². The minimum absolute atomic E-state index is 0.285. The van der Waals surface area contributed by atoms with Crippen LogP contribution in [-0.2, 0) is 17.9 Å². The molecular weight excluding hydrogens is 284 g/mol. The summed E-state index contributed by atoms with van der Waals surface area (Å²) in [5.74, 6) is 2.56. The molecule has 0 unspecified atom stereocenters. The highest BCUT2D eigenvalue weighted by Crippen LogP contribution is 2.27. The Hall–Kier alpha value is -2.28. The predicted octanol–water partition coefficient (Wildman–Crippen LogP) is 2.45. The second-order valence-corrected chi connectivity index (χ2v) is 5.28. The van der Waals surface area contributed by atoms with Crippen molar-refractivity contribution in [2.45, 2.75) is 27.0 Å². The number of nitrogens with zero attached hydrogens (tertiary/aromatic N) is 2. The van der Waals surface area contributed by atoms with E-state index in [4.69, 9.17) is 19.6 Å². The van der Waals surface area contributed by atoms with Gasteiger partial charge in [0.2, 0.25) is 5.88 Å². The van der Waals surface area contributed by atoms with Gasteiger partial charge in [0.15, 0.2) is 11.6 Å². The lowest BCUT2D eigenvalue weighted by Crippen LogP contribution is -2.13. The number of nitrogen functional groups attached to an aromatic ring is 1. The summed E-state index contributed by atoms with van der Waals surface area (Å²) in [5.41, 5.74) is 6.47. The lowest BCUT2D eigenvalue weighted by atomic mass is 10.2. The van der Waals surface area contributed by atoms with Gasteiger partial charge < -0.3 is 24.9 Å². The number of aromatic nitrogens is 2. The van der Waals surface area contributed by atoms with E-state index in [-0.39, 0.29) is 6.61 Å². The summed E-state index contributed by atoms with van der Waals surface area (Å²) in [5, 5.41) is 3.14. The maximum absolute atomic E-state index is 6.09. The molecule has 2 aromatic heterocycles. The molecule has 7 nitrogen and oxygen atoms in total. The van der Waals surface area contributed by atoms with Gasteiger partial charge in [0, 0.05) is 7.11 Å². The highest BCUT2D eigenvalue weighted by atomic mass is 16.5. The highest BCUT2D eigenvalue weighted by molar-refractivity contribution is 5.66. The summed E-state index contributed by atoms with van der Waals surface area (Å²) in [7, 11) is 1.59. The number of methoxy groups -OCH3 is 1. The topological polar surface area (TPSA) is 95.4 Å². The molecule has 0 amide bonds. The fraction of sp³-hybridized carbons (Fsp3) is 0.467. The first-order chi connectivity index (χ1) is 10.6. The van der Waals surface area contributed by atoms with Gasteiger partial charge in [0.25, 0.3) is 0 Å². The Kier molecular flexibility index (Phi) is 5.60. The Balaban J connectivity index is 2.18. The molecule has 0 fully saturated rings. The Bertz CT molecular complexity index is 585. The highest BCUT2D eigenvalue weighted by Gasteiger charge is 2.14. The zero-order valence-electron chi connectivity index (χ0n) is 13.1. The molecule has 0 aromatic carbocycles. The number of hydrogen-bond acceptors (Lipinski definition) is 7. The minimum atomic E-state index is 0.285. The van der Waals surface area contributed by atoms with Crippen LogP contribution in [0.5, 0.6) is 5.88 Å². The average molecular weight is 306 g/mol. The summed E-state index contributed by atoms with van der Waals surface area (Å²) in [6.45, 7) is 5.41. The molecule has 22 heavy (non-hydrogen) atoms. The van der Waals surface area contributed by atoms with Crippen molar-refractivity contribution in [2.75, 3.05) is 24.8 Å². The summed E-state index contributed by atoms with van der Waals surface area (Å²) >= 11 is 0. The van der Waals surface area contributed by atoms with Crippen LogP contribution >= 0.6 is 0 Å². The molecule has 0 atom stereocenters. The van der Waals surface area contributed by atoms with Gasteiger partial charge in [-0.05, 0) is 18.1 Å². The van der Waals surface area contributed by atoms with E-state index in [0.717, 1.165) is 5.76 Å². The lowest BCUT2D eigenvalue weighted by molar-refractivity contribution is 0.176. The van der Waals surface area contributed by atoms with Gasteiger partial charge in [-0.1, -0.05) is 13.8 Å². The lowest BCUT2D eigenvalue weighted by Gasteiger charge is -2.14. The van der Waals surface area contributed by atoms with Gasteiger partial charge in [-0.3, -0.25) is 0 Å². The molecule has 0 aliphatic heterocycles. The summed E-state index contributed by atoms with van der Waals surface area (Å²) in [6, 6.07) is 3.70. The van der Waals surface area contributed by atoms with E-state index in [2.05, 4.69) is 29.1 Å². The second kappa shape index (κ2) is 7.65. The van der Waals surface area contributed by atoms with E-state index in [1.54, 1.807) is 13.4 Å². The smallest absolute Gasteiger partial charge is 0.242 e. The van der Waals surface area contributed by atoms with E-state index >= 15 is 0 Å². The zero-order valence-corrected chi connectivity index (χ0v) is 13.1. The number of nitrogens with one attached hydrogen (secondary N) is 1. The van der Waals surface area contributed by atoms with E-state index in [1.165, 1.54) is 0 Å². The van der Waals surface area contributed by atoms with Crippen molar-refractivity contribution in [2.24, 2.45) is 5.92 Å². The monoisotopic (exact) mass is 306 g/mol. The predicted molar refractivity (Wildman–Crippen MR) is 83.5 cm³/mol. The number of anilines is 2. The van der Waals surface area contributed by atoms with Crippen molar-refractivity contribution in [1.82, 2.24) is 9.97 Å². The van der Waals surface area contributed by atoms with Crippen LogP contribution < -0.4 is 15.8 Å². The van der Waals surface area contributed by atoms with Gasteiger partial charge in [-0.15, -0.1) is 0 Å². The van der Waals surface area contributed by atoms with Gasteiger partial charge >= 0.3 is 0 Å². The van der Waals surface area contributed by atoms with Crippen LogP contribution in [0, 0.1) is 5.92 Å². The standard InChI is InChI=1S/C15H22N4O3/c1-10(2)8-22-15-13(16)14(18-12(19-15)9-20-3)17-7-11-5-4-6-21-11/h4-6,10H,7-9,16H2,1-3H3,(H,17,18,19). The van der Waals surface area contributed by atoms with Crippen LogP contribution in [0.1, 0.15) is 25.4 Å². The molecule has 0 bridgehead atoms. The molecule has 0 saturated heterocycles. The summed E-state index contributed by atoms with van der Waals surface area (Å²) < 4.78 is 16.0. The third-order valence-corrected chi connectivity index (χ3v) is 2.79. The van der Waals surface area contributed by atoms with Crippen molar-refractivity contribution < 1.29 is 13.9 Å². The van der Waals surface area contributed by atoms with Gasteiger partial charge in [-0.2, -0.15) is 4.98 Å². The quantitative estimate of drug-likeness (QED) is 0.773. The first-order valence-electron chi connectivity index (χ1n) is 7.14. The molecule has 0 saturated carbocycles. The summed E-state index contributed by atoms with van der Waals surface area (Å²) in [6.07, 6.45) is 1.62. The molecule has 0 aliphatic carbocycles. The van der Waals surface area contributed by atoms with Crippen molar-refractivity contribution >= 4 is 11.5 Å². The van der Waals surface area contributed by atoms with Crippen molar-refractivity contribution in [1.29, 1.82) is 0 Å². The Labute approximate surface area is 129 Å². The molecule has 0 radical (unpaired) electrons. The van der Waals surface area contributed by atoms with Crippen molar-refractivity contribution in [3.8, 4) is 5.88 Å². The largest absolute Gasteiger partial charge is 0.476 e. The first kappa shape index (κ1) is 16.1. The fourth-order valence-corrected chi connectivity index (χ4v) is 1.76. The molecular formula is C15H22N4O3. The molecule has 2 heterocycles. The zero-order chi connectivity index (χ0) is 15.9. The van der Waals surface area contributed by atoms with Gasteiger partial charge in [0.05, 0.1) is 19.4 Å². The number of ether oxygens (including phenoxy) is 2. The Morgan fingerprint density at radius 3 is 2.82 bits per heavy atom. The minimum Gasteiger partial charge on any atom is -0.476 e. The number of hydrogen-bond donors (Lipinski definition) is 2. The van der Waals surface area contributed by atoms with E-state index in [1.807, 2.05) is 12.1 Å². The molecule has 3 N–H and O–H groups in total. The molecule has 0 aliphatic rings. The normalized spacial score (nSPS) is 10.9. The Morgan fingerprint density at radius 2 is 2.18 bits per heavy atom. The number of furan rings is 1. The van der Waals surface area contributed by atoms with Crippen LogP contribution in [0.25, 0.3) is 0 Å². The van der Waals surface area contributed by atoms with Crippen molar-refractivity contribution in [3.05, 3.63) is 30.0 Å². The fourth-order valence-electron chi connectivity index (χ4n) is 1.76. The Morgan fingerprint density at radius 1 is 1.36 bits per heavy atom. The maximum atomic E-state index is 6.09. The van der Waals surface area contributed by atoms with Gasteiger partial charge in [0.1, 0.15) is 18.1 Å². The van der Waals surface area contributed by atoms with E-state index in [0.29, 0.717) is 42.3 Å². The average Bonchev–Trinajstić information content (AvgIpc) is 2.99. The number of rotatable bonds is 8. The van der Waals surface area contributed by atoms with Crippen LogP contribution in [0.3, 0.4) is 0 Å². The van der Waals surface area contributed by atoms with Crippen LogP contribution in [0.2, 0.25) is 0 Å². The van der Waals surface area contributed by atoms with Crippen LogP contribution in [0.15, 0.2) is 22.8 Å². The molecule has 120 valence electrons. The molecule has 7 heteroatoms. The van der Waals surface area contributed by atoms with E-state index < -0.39 is 0 Å². The molecule has 2 aromatic rings. The van der Waals surface area contributed by atoms with Crippen LogP contribution in [0.4, 0.5) is 11.5 Å². The summed E-state index contributed by atoms with van der Waals surface area (Å²) in [4.78, 5) is 8.65. The van der Waals surface area contributed by atoms with Crippen molar-refractivity contribution in [3.63, 3.8) is 0 Å².